The second kappa shape index (κ2) is 8.16. The molecular formula is C26H23FN2O4. The third kappa shape index (κ3) is 3.65. The predicted octanol–water partition coefficient (Wildman–Crippen LogP) is 5.03. The summed E-state index contributed by atoms with van der Waals surface area (Å²) in [4.78, 5) is 12.8. The Bertz CT molecular complexity index is 1350. The lowest BCUT2D eigenvalue weighted by Crippen LogP contribution is -2.14. The molecule has 1 amide bonds. The van der Waals surface area contributed by atoms with Gasteiger partial charge in [-0.05, 0) is 53.1 Å². The zero-order chi connectivity index (χ0) is 23.1. The van der Waals surface area contributed by atoms with Crippen LogP contribution < -0.4 is 14.8 Å². The largest absolute Gasteiger partial charge is 0.502 e. The Morgan fingerprint density at radius 2 is 1.82 bits per heavy atom. The third-order valence-electron chi connectivity index (χ3n) is 6.12. The molecule has 6 nitrogen and oxygen atoms in total. The average molecular weight is 446 g/mol. The van der Waals surface area contributed by atoms with Crippen molar-refractivity contribution in [2.45, 2.75) is 18.9 Å². The summed E-state index contributed by atoms with van der Waals surface area (Å²) in [6.45, 7) is 0.487. The van der Waals surface area contributed by atoms with Gasteiger partial charge in [0.15, 0.2) is 11.5 Å². The van der Waals surface area contributed by atoms with Crippen molar-refractivity contribution in [3.05, 3.63) is 83.3 Å². The van der Waals surface area contributed by atoms with Crippen LogP contribution in [-0.4, -0.2) is 29.8 Å². The van der Waals surface area contributed by atoms with E-state index in [0.29, 0.717) is 6.54 Å². The fourth-order valence-corrected chi connectivity index (χ4v) is 4.62. The highest BCUT2D eigenvalue weighted by molar-refractivity contribution is 6.06. The highest BCUT2D eigenvalue weighted by Gasteiger charge is 2.29. The van der Waals surface area contributed by atoms with E-state index in [4.69, 9.17) is 9.47 Å². The molecule has 1 atom stereocenters. The molecule has 168 valence electrons. The van der Waals surface area contributed by atoms with Crippen LogP contribution in [0, 0.1) is 5.82 Å². The number of hydrogen-bond donors (Lipinski definition) is 2. The van der Waals surface area contributed by atoms with E-state index in [1.54, 1.807) is 18.2 Å². The molecule has 7 heteroatoms. The van der Waals surface area contributed by atoms with Crippen molar-refractivity contribution in [3.8, 4) is 17.2 Å². The van der Waals surface area contributed by atoms with Gasteiger partial charge in [0.1, 0.15) is 5.82 Å². The number of ether oxygens (including phenoxy) is 2. The molecule has 1 aliphatic heterocycles. The minimum absolute atomic E-state index is 0.0870. The number of hydrogen-bond acceptors (Lipinski definition) is 4. The fourth-order valence-electron chi connectivity index (χ4n) is 4.62. The molecule has 4 aromatic rings. The number of carbonyl (C=O) groups excluding carboxylic acids is 1. The summed E-state index contributed by atoms with van der Waals surface area (Å²) in [5.41, 5.74) is 4.28. The number of phenols is 1. The Kier molecular flexibility index (Phi) is 5.17. The lowest BCUT2D eigenvalue weighted by molar-refractivity contribution is -0.116. The molecule has 1 aromatic heterocycles. The van der Waals surface area contributed by atoms with Crippen molar-refractivity contribution in [2.24, 2.45) is 0 Å². The molecule has 0 radical (unpaired) electrons. The van der Waals surface area contributed by atoms with E-state index in [2.05, 4.69) is 9.88 Å². The first-order valence-corrected chi connectivity index (χ1v) is 10.6. The molecule has 2 N–H and O–H groups in total. The maximum absolute atomic E-state index is 13.8. The summed E-state index contributed by atoms with van der Waals surface area (Å²) in [6.07, 6.45) is 2.24. The highest BCUT2D eigenvalue weighted by atomic mass is 19.1. The molecule has 5 rings (SSSR count). The number of halogens is 1. The number of aromatic nitrogens is 1. The second-order valence-corrected chi connectivity index (χ2v) is 8.12. The number of amides is 1. The maximum atomic E-state index is 13.8. The number of nitrogens with one attached hydrogen (secondary N) is 1. The number of phenolic OH excluding ortho intramolecular Hbond substituents is 1. The zero-order valence-electron chi connectivity index (χ0n) is 18.3. The molecule has 0 unspecified atom stereocenters. The molecule has 0 aliphatic carbocycles. The number of rotatable bonds is 5. The molecule has 0 fully saturated rings. The van der Waals surface area contributed by atoms with Gasteiger partial charge in [0.05, 0.1) is 25.4 Å². The van der Waals surface area contributed by atoms with Gasteiger partial charge in [-0.1, -0.05) is 18.2 Å². The topological polar surface area (TPSA) is 72.7 Å². The van der Waals surface area contributed by atoms with Crippen LogP contribution in [0.5, 0.6) is 17.2 Å². The number of anilines is 1. The van der Waals surface area contributed by atoms with E-state index in [0.717, 1.165) is 33.3 Å². The van der Waals surface area contributed by atoms with E-state index >= 15 is 0 Å². The van der Waals surface area contributed by atoms with Crippen LogP contribution in [0.4, 0.5) is 10.1 Å². The number of benzene rings is 3. The maximum Gasteiger partial charge on any atom is 0.225 e. The summed E-state index contributed by atoms with van der Waals surface area (Å²) < 4.78 is 26.5. The van der Waals surface area contributed by atoms with Gasteiger partial charge in [-0.25, -0.2) is 4.39 Å². The second-order valence-electron chi connectivity index (χ2n) is 8.12. The van der Waals surface area contributed by atoms with Gasteiger partial charge in [0, 0.05) is 30.5 Å². The van der Waals surface area contributed by atoms with E-state index in [9.17, 15) is 14.3 Å². The standard InChI is InChI=1S/C26H23FN2O4/c1-32-22-10-16(11-23(33-2)26(22)31)18-12-24(30)28-20-7-4-8-21-25(20)19(18)14-29(21)13-15-5-3-6-17(27)9-15/h3-11,14,18,31H,12-13H2,1-2H3,(H,28,30)/t18-/m1/s1. The van der Waals surface area contributed by atoms with Crippen molar-refractivity contribution in [1.29, 1.82) is 0 Å². The van der Waals surface area contributed by atoms with Crippen LogP contribution in [0.25, 0.3) is 10.9 Å². The van der Waals surface area contributed by atoms with Crippen molar-refractivity contribution < 1.29 is 23.8 Å². The SMILES string of the molecule is COc1cc([C@H]2CC(=O)Nc3cccc4c3c2cn4Cc2cccc(F)c2)cc(OC)c1O. The minimum Gasteiger partial charge on any atom is -0.502 e. The zero-order valence-corrected chi connectivity index (χ0v) is 18.3. The van der Waals surface area contributed by atoms with Crippen LogP contribution in [0.1, 0.15) is 29.0 Å². The van der Waals surface area contributed by atoms with Gasteiger partial charge in [-0.3, -0.25) is 4.79 Å². The molecule has 2 heterocycles. The van der Waals surface area contributed by atoms with Gasteiger partial charge in [-0.2, -0.15) is 0 Å². The summed E-state index contributed by atoms with van der Waals surface area (Å²) >= 11 is 0. The van der Waals surface area contributed by atoms with E-state index in [1.807, 2.05) is 30.5 Å². The third-order valence-corrected chi connectivity index (χ3v) is 6.12. The summed E-state index contributed by atoms with van der Waals surface area (Å²) in [7, 11) is 2.95. The lowest BCUT2D eigenvalue weighted by Gasteiger charge is -2.18. The average Bonchev–Trinajstić information content (AvgIpc) is 3.09. The van der Waals surface area contributed by atoms with Gasteiger partial charge >= 0.3 is 0 Å². The Morgan fingerprint density at radius 1 is 1.09 bits per heavy atom. The number of carbonyl (C=O) groups is 1. The van der Waals surface area contributed by atoms with Crippen molar-refractivity contribution >= 4 is 22.5 Å². The van der Waals surface area contributed by atoms with Crippen LogP contribution in [0.15, 0.2) is 60.8 Å². The summed E-state index contributed by atoms with van der Waals surface area (Å²) in [5, 5.41) is 14.3. The minimum atomic E-state index is -0.298. The van der Waals surface area contributed by atoms with Gasteiger partial charge in [0.2, 0.25) is 11.7 Å². The first-order chi connectivity index (χ1) is 16.0. The molecule has 0 saturated heterocycles. The van der Waals surface area contributed by atoms with Crippen LogP contribution >= 0.6 is 0 Å². The molecule has 0 saturated carbocycles. The van der Waals surface area contributed by atoms with Gasteiger partial charge < -0.3 is 24.5 Å². The first-order valence-electron chi connectivity index (χ1n) is 10.6. The van der Waals surface area contributed by atoms with Crippen LogP contribution in [-0.2, 0) is 11.3 Å². The van der Waals surface area contributed by atoms with E-state index in [1.165, 1.54) is 26.4 Å². The highest BCUT2D eigenvalue weighted by Crippen LogP contribution is 2.45. The Morgan fingerprint density at radius 3 is 2.52 bits per heavy atom. The van der Waals surface area contributed by atoms with Crippen molar-refractivity contribution in [1.82, 2.24) is 4.57 Å². The smallest absolute Gasteiger partial charge is 0.225 e. The van der Waals surface area contributed by atoms with Crippen molar-refractivity contribution in [3.63, 3.8) is 0 Å². The Labute approximate surface area is 190 Å². The number of methoxy groups -OCH3 is 2. The number of nitrogens with zero attached hydrogens (tertiary/aromatic N) is 1. The van der Waals surface area contributed by atoms with Gasteiger partial charge in [-0.15, -0.1) is 0 Å². The molecule has 3 aromatic carbocycles. The van der Waals surface area contributed by atoms with Crippen LogP contribution in [0.3, 0.4) is 0 Å². The first kappa shape index (κ1) is 20.9. The molecule has 1 aliphatic rings. The van der Waals surface area contributed by atoms with E-state index in [-0.39, 0.29) is 41.3 Å². The summed E-state index contributed by atoms with van der Waals surface area (Å²) in [5.74, 6) is -0.217. The Balaban J connectivity index is 1.70. The molecular weight excluding hydrogens is 423 g/mol. The molecule has 0 bridgehead atoms. The molecule has 33 heavy (non-hydrogen) atoms. The fraction of sp³-hybridized carbons (Fsp3) is 0.192. The van der Waals surface area contributed by atoms with E-state index < -0.39 is 0 Å². The predicted molar refractivity (Wildman–Crippen MR) is 124 cm³/mol. The summed E-state index contributed by atoms with van der Waals surface area (Å²) in [6, 6.07) is 15.8. The number of aromatic hydroxyl groups is 1. The lowest BCUT2D eigenvalue weighted by atomic mass is 9.88. The molecule has 0 spiro atoms. The van der Waals surface area contributed by atoms with Gasteiger partial charge in [0.25, 0.3) is 0 Å². The Hall–Kier alpha value is -4.00. The normalized spacial score (nSPS) is 15.2. The monoisotopic (exact) mass is 446 g/mol. The van der Waals surface area contributed by atoms with Crippen molar-refractivity contribution in [2.75, 3.05) is 19.5 Å². The van der Waals surface area contributed by atoms with Crippen LogP contribution in [0.2, 0.25) is 0 Å². The quantitative estimate of drug-likeness (QED) is 0.451.